The summed E-state index contributed by atoms with van der Waals surface area (Å²) < 4.78 is 12.7. The van der Waals surface area contributed by atoms with Gasteiger partial charge in [0.15, 0.2) is 5.82 Å². The molecule has 0 bridgehead atoms. The van der Waals surface area contributed by atoms with Gasteiger partial charge in [-0.15, -0.1) is 16.8 Å². The van der Waals surface area contributed by atoms with Gasteiger partial charge in [-0.2, -0.15) is 0 Å². The molecular weight excluding hydrogens is 382 g/mol. The van der Waals surface area contributed by atoms with E-state index in [0.29, 0.717) is 40.9 Å². The second-order valence-electron chi connectivity index (χ2n) is 6.25. The molecule has 0 aliphatic rings. The van der Waals surface area contributed by atoms with Crippen molar-refractivity contribution in [2.24, 2.45) is 0 Å². The molecule has 0 fully saturated rings. The second kappa shape index (κ2) is 10.0. The molecule has 2 heterocycles. The summed E-state index contributed by atoms with van der Waals surface area (Å²) in [5, 5.41) is 10.9. The maximum Gasteiger partial charge on any atom is 0.260 e. The molecule has 0 radical (unpaired) electrons. The first-order valence-electron chi connectivity index (χ1n) is 9.35. The maximum atomic E-state index is 12.9. The average molecular weight is 405 g/mol. The van der Waals surface area contributed by atoms with Crippen LogP contribution in [0.5, 0.6) is 11.5 Å². The number of benzene rings is 1. The lowest BCUT2D eigenvalue weighted by molar-refractivity contribution is 0.102. The Hall–Kier alpha value is -3.94. The third kappa shape index (κ3) is 4.91. The van der Waals surface area contributed by atoms with E-state index >= 15 is 0 Å². The SMILES string of the molecule is C=CCCn1cnnc1-c1cccc(NC(=O)c2cc(OC)ccc2OCC=C)n1. The van der Waals surface area contributed by atoms with Gasteiger partial charge in [-0.3, -0.25) is 4.79 Å². The molecule has 0 atom stereocenters. The number of hydrogen-bond acceptors (Lipinski definition) is 6. The molecule has 0 aliphatic carbocycles. The number of pyridine rings is 1. The van der Waals surface area contributed by atoms with E-state index in [9.17, 15) is 4.79 Å². The van der Waals surface area contributed by atoms with E-state index in [1.165, 1.54) is 7.11 Å². The van der Waals surface area contributed by atoms with Crippen LogP contribution in [0.25, 0.3) is 11.5 Å². The fourth-order valence-corrected chi connectivity index (χ4v) is 2.75. The van der Waals surface area contributed by atoms with E-state index < -0.39 is 0 Å². The molecule has 30 heavy (non-hydrogen) atoms. The molecule has 8 heteroatoms. The molecule has 3 rings (SSSR count). The van der Waals surface area contributed by atoms with Gasteiger partial charge in [0.1, 0.15) is 35.9 Å². The Labute approximate surface area is 174 Å². The van der Waals surface area contributed by atoms with Crippen molar-refractivity contribution in [3.63, 3.8) is 0 Å². The van der Waals surface area contributed by atoms with Crippen molar-refractivity contribution in [2.75, 3.05) is 19.0 Å². The van der Waals surface area contributed by atoms with Crippen LogP contribution in [0.15, 0.2) is 68.0 Å². The zero-order chi connectivity index (χ0) is 21.3. The number of rotatable bonds is 10. The molecule has 0 saturated carbocycles. The molecule has 3 aromatic rings. The lowest BCUT2D eigenvalue weighted by atomic mass is 10.1. The van der Waals surface area contributed by atoms with Crippen LogP contribution < -0.4 is 14.8 Å². The first kappa shape index (κ1) is 20.8. The summed E-state index contributed by atoms with van der Waals surface area (Å²) in [6.45, 7) is 8.34. The summed E-state index contributed by atoms with van der Waals surface area (Å²) in [6, 6.07) is 10.3. The van der Waals surface area contributed by atoms with Crippen molar-refractivity contribution in [3.05, 3.63) is 73.6 Å². The Bertz CT molecular complexity index is 1040. The molecule has 1 amide bonds. The smallest absolute Gasteiger partial charge is 0.260 e. The Balaban J connectivity index is 1.85. The Morgan fingerprint density at radius 3 is 2.87 bits per heavy atom. The van der Waals surface area contributed by atoms with Gasteiger partial charge < -0.3 is 19.4 Å². The quantitative estimate of drug-likeness (QED) is 0.517. The van der Waals surface area contributed by atoms with Crippen molar-refractivity contribution in [1.29, 1.82) is 0 Å². The summed E-state index contributed by atoms with van der Waals surface area (Å²) in [7, 11) is 1.54. The number of amides is 1. The summed E-state index contributed by atoms with van der Waals surface area (Å²) in [6.07, 6.45) is 5.86. The molecule has 0 unspecified atom stereocenters. The van der Waals surface area contributed by atoms with Gasteiger partial charge in [0.2, 0.25) is 0 Å². The van der Waals surface area contributed by atoms with E-state index in [2.05, 4.69) is 33.7 Å². The topological polar surface area (TPSA) is 91.2 Å². The lowest BCUT2D eigenvalue weighted by Crippen LogP contribution is -2.15. The van der Waals surface area contributed by atoms with E-state index in [0.717, 1.165) is 6.42 Å². The highest BCUT2D eigenvalue weighted by Gasteiger charge is 2.16. The number of carbonyl (C=O) groups is 1. The average Bonchev–Trinajstić information content (AvgIpc) is 3.25. The van der Waals surface area contributed by atoms with Crippen LogP contribution in [0.1, 0.15) is 16.8 Å². The lowest BCUT2D eigenvalue weighted by Gasteiger charge is -2.12. The van der Waals surface area contributed by atoms with Crippen molar-refractivity contribution in [1.82, 2.24) is 19.7 Å². The molecule has 8 nitrogen and oxygen atoms in total. The third-order valence-corrected chi connectivity index (χ3v) is 4.20. The minimum Gasteiger partial charge on any atom is -0.497 e. The number of nitrogens with one attached hydrogen (secondary N) is 1. The van der Waals surface area contributed by atoms with Gasteiger partial charge in [-0.1, -0.05) is 24.8 Å². The van der Waals surface area contributed by atoms with E-state index in [4.69, 9.17) is 9.47 Å². The molecule has 1 N–H and O–H groups in total. The fraction of sp³-hybridized carbons (Fsp3) is 0.182. The van der Waals surface area contributed by atoms with Crippen LogP contribution in [-0.4, -0.2) is 39.4 Å². The van der Waals surface area contributed by atoms with Crippen LogP contribution in [0.4, 0.5) is 5.82 Å². The highest BCUT2D eigenvalue weighted by atomic mass is 16.5. The Morgan fingerprint density at radius 1 is 1.23 bits per heavy atom. The number of aryl methyl sites for hydroxylation is 1. The zero-order valence-corrected chi connectivity index (χ0v) is 16.7. The van der Waals surface area contributed by atoms with E-state index in [1.807, 2.05) is 16.7 Å². The number of nitrogens with zero attached hydrogens (tertiary/aromatic N) is 4. The summed E-state index contributed by atoms with van der Waals surface area (Å²) >= 11 is 0. The first-order chi connectivity index (χ1) is 14.7. The van der Waals surface area contributed by atoms with Gasteiger partial charge >= 0.3 is 0 Å². The maximum absolute atomic E-state index is 12.9. The van der Waals surface area contributed by atoms with Crippen molar-refractivity contribution < 1.29 is 14.3 Å². The minimum atomic E-state index is -0.370. The first-order valence-corrected chi connectivity index (χ1v) is 9.35. The van der Waals surface area contributed by atoms with Crippen molar-refractivity contribution >= 4 is 11.7 Å². The summed E-state index contributed by atoms with van der Waals surface area (Å²) in [5.74, 6) is 1.60. The van der Waals surface area contributed by atoms with Crippen molar-refractivity contribution in [3.8, 4) is 23.0 Å². The number of ether oxygens (including phenoxy) is 2. The highest BCUT2D eigenvalue weighted by molar-refractivity contribution is 6.06. The van der Waals surface area contributed by atoms with Gasteiger partial charge in [0, 0.05) is 6.54 Å². The predicted molar refractivity (Wildman–Crippen MR) is 115 cm³/mol. The van der Waals surface area contributed by atoms with Crippen LogP contribution in [0.3, 0.4) is 0 Å². The standard InChI is InChI=1S/C22H23N5O3/c1-4-6-12-27-15-23-26-21(27)18-8-7-9-20(24-18)25-22(28)17-14-16(29-3)10-11-19(17)30-13-5-2/h4-5,7-11,14-15H,1-2,6,12-13H2,3H3,(H,24,25,28). The number of hydrogen-bond donors (Lipinski definition) is 1. The summed E-state index contributed by atoms with van der Waals surface area (Å²) in [5.41, 5.74) is 0.931. The van der Waals surface area contributed by atoms with E-state index in [-0.39, 0.29) is 12.5 Å². The number of aromatic nitrogens is 4. The van der Waals surface area contributed by atoms with Gasteiger partial charge in [0.05, 0.1) is 12.7 Å². The van der Waals surface area contributed by atoms with Crippen LogP contribution in [0.2, 0.25) is 0 Å². The molecule has 0 aliphatic heterocycles. The van der Waals surface area contributed by atoms with Crippen molar-refractivity contribution in [2.45, 2.75) is 13.0 Å². The largest absolute Gasteiger partial charge is 0.497 e. The molecule has 1 aromatic carbocycles. The fourth-order valence-electron chi connectivity index (χ4n) is 2.75. The molecule has 0 saturated heterocycles. The highest BCUT2D eigenvalue weighted by Crippen LogP contribution is 2.25. The Kier molecular flexibility index (Phi) is 6.94. The molecule has 154 valence electrons. The Morgan fingerprint density at radius 2 is 2.10 bits per heavy atom. The van der Waals surface area contributed by atoms with Crippen LogP contribution in [-0.2, 0) is 6.54 Å². The molecular formula is C22H23N5O3. The number of allylic oxidation sites excluding steroid dienone is 1. The molecule has 0 spiro atoms. The van der Waals surface area contributed by atoms with Gasteiger partial charge in [-0.05, 0) is 36.8 Å². The molecule has 2 aromatic heterocycles. The monoisotopic (exact) mass is 405 g/mol. The van der Waals surface area contributed by atoms with Gasteiger partial charge in [0.25, 0.3) is 5.91 Å². The number of anilines is 1. The minimum absolute atomic E-state index is 0.278. The van der Waals surface area contributed by atoms with Gasteiger partial charge in [-0.25, -0.2) is 4.98 Å². The number of methoxy groups -OCH3 is 1. The normalized spacial score (nSPS) is 10.3. The number of carbonyl (C=O) groups excluding carboxylic acids is 1. The van der Waals surface area contributed by atoms with Crippen LogP contribution in [0, 0.1) is 0 Å². The zero-order valence-electron chi connectivity index (χ0n) is 16.7. The third-order valence-electron chi connectivity index (χ3n) is 4.20. The second-order valence-corrected chi connectivity index (χ2v) is 6.25. The predicted octanol–water partition coefficient (Wildman–Crippen LogP) is 3.74. The summed E-state index contributed by atoms with van der Waals surface area (Å²) in [4.78, 5) is 17.4. The van der Waals surface area contributed by atoms with Crippen LogP contribution >= 0.6 is 0 Å². The van der Waals surface area contributed by atoms with E-state index in [1.54, 1.807) is 42.7 Å².